The van der Waals surface area contributed by atoms with E-state index in [1.54, 1.807) is 7.11 Å². The number of nitrogens with one attached hydrogen (secondary N) is 1. The standard InChI is InChI=1S/C22H25N5O4/c1-12(2)31-19-13(6-4-7-16(19)28-3)20-25-21(23)26-22-24-14-10-17-18(11-15(14)27(20)22)30-9-5-8-29-17/h4,6-7,10-12,20H,5,8-9H2,1-3H3,(H3,23,24,25,26)/t20-/m1/s1. The predicted octanol–water partition coefficient (Wildman–Crippen LogP) is 3.28. The van der Waals surface area contributed by atoms with Crippen LogP contribution in [0.1, 0.15) is 32.0 Å². The number of hydrogen-bond donors (Lipinski definition) is 2. The molecule has 0 spiro atoms. The number of benzene rings is 2. The summed E-state index contributed by atoms with van der Waals surface area (Å²) in [4.78, 5) is 9.42. The van der Waals surface area contributed by atoms with Crippen molar-refractivity contribution in [3.63, 3.8) is 0 Å². The van der Waals surface area contributed by atoms with Crippen molar-refractivity contribution in [2.75, 3.05) is 25.6 Å². The fourth-order valence-electron chi connectivity index (χ4n) is 3.89. The third kappa shape index (κ3) is 3.35. The molecule has 0 saturated heterocycles. The maximum Gasteiger partial charge on any atom is 0.212 e. The number of imidazole rings is 1. The van der Waals surface area contributed by atoms with Crippen molar-refractivity contribution >= 4 is 22.9 Å². The summed E-state index contributed by atoms with van der Waals surface area (Å²) in [5.41, 5.74) is 8.57. The summed E-state index contributed by atoms with van der Waals surface area (Å²) in [5, 5.41) is 3.07. The summed E-state index contributed by atoms with van der Waals surface area (Å²) in [7, 11) is 1.62. The number of ether oxygens (including phenoxy) is 4. The highest BCUT2D eigenvalue weighted by atomic mass is 16.5. The first-order valence-electron chi connectivity index (χ1n) is 10.3. The van der Waals surface area contributed by atoms with Crippen LogP contribution in [-0.4, -0.2) is 41.9 Å². The zero-order valence-electron chi connectivity index (χ0n) is 17.7. The van der Waals surface area contributed by atoms with E-state index in [4.69, 9.17) is 29.7 Å². The van der Waals surface area contributed by atoms with Gasteiger partial charge in [-0.05, 0) is 19.9 Å². The quantitative estimate of drug-likeness (QED) is 0.663. The van der Waals surface area contributed by atoms with Gasteiger partial charge in [0.25, 0.3) is 0 Å². The van der Waals surface area contributed by atoms with E-state index < -0.39 is 6.17 Å². The van der Waals surface area contributed by atoms with E-state index in [2.05, 4.69) is 10.3 Å². The van der Waals surface area contributed by atoms with E-state index >= 15 is 0 Å². The predicted molar refractivity (Wildman–Crippen MR) is 117 cm³/mol. The molecule has 9 nitrogen and oxygen atoms in total. The Balaban J connectivity index is 1.71. The molecule has 0 bridgehead atoms. The SMILES string of the molecule is COc1cccc([C@@H]2N=C(N)Nc3nc4cc5c(cc4n32)OCCCO5)c1OC(C)C. The molecule has 0 unspecified atom stereocenters. The van der Waals surface area contributed by atoms with Gasteiger partial charge in [0, 0.05) is 24.1 Å². The van der Waals surface area contributed by atoms with Gasteiger partial charge in [-0.15, -0.1) is 0 Å². The maximum atomic E-state index is 6.13. The lowest BCUT2D eigenvalue weighted by Gasteiger charge is -2.26. The normalized spacial score (nSPS) is 17.5. The summed E-state index contributed by atoms with van der Waals surface area (Å²) < 4.78 is 25.4. The molecular formula is C22H25N5O4. The van der Waals surface area contributed by atoms with Gasteiger partial charge < -0.3 is 24.7 Å². The van der Waals surface area contributed by atoms with Crippen LogP contribution in [0.25, 0.3) is 11.0 Å². The van der Waals surface area contributed by atoms with E-state index in [0.717, 1.165) is 23.0 Å². The van der Waals surface area contributed by atoms with Crippen molar-refractivity contribution in [2.45, 2.75) is 32.5 Å². The number of aromatic nitrogens is 2. The molecule has 3 N–H and O–H groups in total. The number of rotatable bonds is 4. The van der Waals surface area contributed by atoms with Crippen LogP contribution < -0.4 is 30.0 Å². The summed E-state index contributed by atoms with van der Waals surface area (Å²) >= 11 is 0. The van der Waals surface area contributed by atoms with Crippen molar-refractivity contribution in [1.29, 1.82) is 0 Å². The first-order valence-corrected chi connectivity index (χ1v) is 10.3. The number of methoxy groups -OCH3 is 1. The second-order valence-electron chi connectivity index (χ2n) is 7.70. The van der Waals surface area contributed by atoms with Crippen LogP contribution in [0.2, 0.25) is 0 Å². The Morgan fingerprint density at radius 2 is 1.97 bits per heavy atom. The van der Waals surface area contributed by atoms with Crippen LogP contribution in [0.5, 0.6) is 23.0 Å². The van der Waals surface area contributed by atoms with Crippen LogP contribution in [0.4, 0.5) is 5.95 Å². The fraction of sp³-hybridized carbons (Fsp3) is 0.364. The Hall–Kier alpha value is -3.62. The molecular weight excluding hydrogens is 398 g/mol. The largest absolute Gasteiger partial charge is 0.493 e. The van der Waals surface area contributed by atoms with E-state index in [-0.39, 0.29) is 12.1 Å². The van der Waals surface area contributed by atoms with Crippen molar-refractivity contribution in [3.05, 3.63) is 35.9 Å². The van der Waals surface area contributed by atoms with Gasteiger partial charge in [-0.25, -0.2) is 9.98 Å². The number of para-hydroxylation sites is 1. The van der Waals surface area contributed by atoms with Crippen molar-refractivity contribution in [3.8, 4) is 23.0 Å². The van der Waals surface area contributed by atoms with Crippen LogP contribution in [0.15, 0.2) is 35.3 Å². The summed E-state index contributed by atoms with van der Waals surface area (Å²) in [6.45, 7) is 5.17. The second kappa shape index (κ2) is 7.57. The number of guanidine groups is 1. The molecule has 5 rings (SSSR count). The zero-order chi connectivity index (χ0) is 21.5. The van der Waals surface area contributed by atoms with Gasteiger partial charge in [-0.3, -0.25) is 9.88 Å². The average molecular weight is 423 g/mol. The molecule has 9 heteroatoms. The fourth-order valence-corrected chi connectivity index (χ4v) is 3.89. The minimum atomic E-state index is -0.491. The molecule has 162 valence electrons. The Morgan fingerprint density at radius 3 is 2.71 bits per heavy atom. The van der Waals surface area contributed by atoms with E-state index in [1.165, 1.54) is 0 Å². The molecule has 3 heterocycles. The third-order valence-corrected chi connectivity index (χ3v) is 5.17. The van der Waals surface area contributed by atoms with Crippen molar-refractivity contribution in [1.82, 2.24) is 9.55 Å². The zero-order valence-corrected chi connectivity index (χ0v) is 17.7. The average Bonchev–Trinajstić information content (AvgIpc) is 2.92. The molecule has 31 heavy (non-hydrogen) atoms. The van der Waals surface area contributed by atoms with Gasteiger partial charge in [0.05, 0.1) is 37.5 Å². The Morgan fingerprint density at radius 1 is 1.19 bits per heavy atom. The molecule has 0 aliphatic carbocycles. The van der Waals surface area contributed by atoms with Crippen LogP contribution >= 0.6 is 0 Å². The minimum absolute atomic E-state index is 0.0431. The molecule has 1 atom stereocenters. The smallest absolute Gasteiger partial charge is 0.212 e. The molecule has 3 aromatic rings. The summed E-state index contributed by atoms with van der Waals surface area (Å²) in [6.07, 6.45) is 0.302. The van der Waals surface area contributed by atoms with E-state index in [1.807, 2.05) is 48.7 Å². The molecule has 2 aromatic carbocycles. The minimum Gasteiger partial charge on any atom is -0.493 e. The highest BCUT2D eigenvalue weighted by Crippen LogP contribution is 2.43. The van der Waals surface area contributed by atoms with E-state index in [9.17, 15) is 0 Å². The van der Waals surface area contributed by atoms with Crippen LogP contribution in [-0.2, 0) is 0 Å². The van der Waals surface area contributed by atoms with Crippen molar-refractivity contribution < 1.29 is 18.9 Å². The first kappa shape index (κ1) is 19.3. The Kier molecular flexibility index (Phi) is 4.72. The lowest BCUT2D eigenvalue weighted by atomic mass is 10.1. The molecule has 1 aromatic heterocycles. The van der Waals surface area contributed by atoms with Gasteiger partial charge in [0.2, 0.25) is 5.95 Å². The monoisotopic (exact) mass is 423 g/mol. The van der Waals surface area contributed by atoms with Gasteiger partial charge in [0.1, 0.15) is 0 Å². The highest BCUT2D eigenvalue weighted by molar-refractivity contribution is 5.95. The number of nitrogens with zero attached hydrogens (tertiary/aromatic N) is 3. The Bertz CT molecular complexity index is 1170. The third-order valence-electron chi connectivity index (χ3n) is 5.17. The van der Waals surface area contributed by atoms with Crippen LogP contribution in [0.3, 0.4) is 0 Å². The van der Waals surface area contributed by atoms with Gasteiger partial charge in [-0.2, -0.15) is 0 Å². The lowest BCUT2D eigenvalue weighted by Crippen LogP contribution is -2.31. The van der Waals surface area contributed by atoms with Crippen molar-refractivity contribution in [2.24, 2.45) is 10.7 Å². The topological polar surface area (TPSA) is 105 Å². The number of anilines is 1. The lowest BCUT2D eigenvalue weighted by molar-refractivity contribution is 0.226. The van der Waals surface area contributed by atoms with Gasteiger partial charge in [0.15, 0.2) is 35.1 Å². The molecule has 2 aliphatic rings. The van der Waals surface area contributed by atoms with Gasteiger partial charge in [-0.1, -0.05) is 12.1 Å². The van der Waals surface area contributed by atoms with E-state index in [0.29, 0.717) is 42.2 Å². The second-order valence-corrected chi connectivity index (χ2v) is 7.70. The summed E-state index contributed by atoms with van der Waals surface area (Å²) in [5.74, 6) is 3.51. The number of fused-ring (bicyclic) bond motifs is 4. The maximum absolute atomic E-state index is 6.13. The van der Waals surface area contributed by atoms with Gasteiger partial charge >= 0.3 is 0 Å². The summed E-state index contributed by atoms with van der Waals surface area (Å²) in [6, 6.07) is 9.59. The molecule has 2 aliphatic heterocycles. The first-order chi connectivity index (χ1) is 15.0. The van der Waals surface area contributed by atoms with Crippen LogP contribution in [0, 0.1) is 0 Å². The number of hydrogen-bond acceptors (Lipinski definition) is 8. The number of nitrogens with two attached hydrogens (primary N) is 1. The Labute approximate surface area is 179 Å². The number of aliphatic imine (C=N–C) groups is 1. The molecule has 0 amide bonds. The molecule has 0 radical (unpaired) electrons. The highest BCUT2D eigenvalue weighted by Gasteiger charge is 2.30. The molecule has 0 saturated carbocycles. The molecule has 0 fully saturated rings.